The van der Waals surface area contributed by atoms with Crippen LogP contribution in [0.15, 0.2) is 35.3 Å². The van der Waals surface area contributed by atoms with Crippen LogP contribution in [-0.2, 0) is 16.0 Å². The molecule has 2 N–H and O–H groups in total. The fraction of sp³-hybridized carbons (Fsp3) is 0.720. The molecule has 7 nitrogen and oxygen atoms in total. The van der Waals surface area contributed by atoms with Crippen LogP contribution in [0.2, 0.25) is 0 Å². The molecule has 2 saturated heterocycles. The van der Waals surface area contributed by atoms with Crippen molar-refractivity contribution in [3.05, 3.63) is 35.9 Å². The Morgan fingerprint density at radius 3 is 2.50 bits per heavy atom. The number of hydrogen-bond acceptors (Lipinski definition) is 5. The molecule has 1 atom stereocenters. The molecule has 0 amide bonds. The molecule has 1 unspecified atom stereocenters. The SMILES string of the molecule is CN=C(NCCCCN1CCN(Cc2ccccc2)CC1)NCCCOCC1CCOC1. The number of aliphatic imine (C=N–C) groups is 1. The lowest BCUT2D eigenvalue weighted by Crippen LogP contribution is -2.46. The fourth-order valence-electron chi connectivity index (χ4n) is 4.25. The predicted molar refractivity (Wildman–Crippen MR) is 131 cm³/mol. The lowest BCUT2D eigenvalue weighted by molar-refractivity contribution is 0.0888. The Morgan fingerprint density at radius 2 is 1.78 bits per heavy atom. The van der Waals surface area contributed by atoms with E-state index in [1.54, 1.807) is 0 Å². The third-order valence-electron chi connectivity index (χ3n) is 6.27. The summed E-state index contributed by atoms with van der Waals surface area (Å²) in [6, 6.07) is 10.8. The summed E-state index contributed by atoms with van der Waals surface area (Å²) in [7, 11) is 1.83. The number of ether oxygens (including phenoxy) is 2. The molecule has 3 rings (SSSR count). The van der Waals surface area contributed by atoms with Gasteiger partial charge in [-0.05, 0) is 37.8 Å². The number of rotatable bonds is 13. The zero-order valence-corrected chi connectivity index (χ0v) is 19.9. The third-order valence-corrected chi connectivity index (χ3v) is 6.27. The molecule has 2 heterocycles. The first-order valence-corrected chi connectivity index (χ1v) is 12.4. The molecule has 2 aliphatic heterocycles. The highest BCUT2D eigenvalue weighted by atomic mass is 16.5. The molecule has 0 saturated carbocycles. The smallest absolute Gasteiger partial charge is 0.190 e. The first-order chi connectivity index (χ1) is 15.8. The Labute approximate surface area is 194 Å². The van der Waals surface area contributed by atoms with E-state index >= 15 is 0 Å². The van der Waals surface area contributed by atoms with Gasteiger partial charge in [-0.25, -0.2) is 0 Å². The van der Waals surface area contributed by atoms with Crippen molar-refractivity contribution >= 4 is 5.96 Å². The van der Waals surface area contributed by atoms with Gasteiger partial charge in [-0.15, -0.1) is 0 Å². The minimum absolute atomic E-state index is 0.593. The van der Waals surface area contributed by atoms with E-state index in [2.05, 4.69) is 55.8 Å². The zero-order chi connectivity index (χ0) is 22.3. The molecule has 1 aromatic rings. The van der Waals surface area contributed by atoms with Gasteiger partial charge in [-0.2, -0.15) is 0 Å². The summed E-state index contributed by atoms with van der Waals surface area (Å²) >= 11 is 0. The molecular weight excluding hydrogens is 402 g/mol. The van der Waals surface area contributed by atoms with Crippen molar-refractivity contribution in [1.82, 2.24) is 20.4 Å². The predicted octanol–water partition coefficient (Wildman–Crippen LogP) is 2.19. The average Bonchev–Trinajstić information content (AvgIpc) is 3.35. The second-order valence-corrected chi connectivity index (χ2v) is 8.89. The minimum Gasteiger partial charge on any atom is -0.381 e. The number of benzene rings is 1. The van der Waals surface area contributed by atoms with Gasteiger partial charge in [0.05, 0.1) is 13.2 Å². The number of nitrogens with one attached hydrogen (secondary N) is 2. The van der Waals surface area contributed by atoms with E-state index < -0.39 is 0 Å². The summed E-state index contributed by atoms with van der Waals surface area (Å²) < 4.78 is 11.1. The van der Waals surface area contributed by atoms with Crippen LogP contribution < -0.4 is 10.6 Å². The summed E-state index contributed by atoms with van der Waals surface area (Å²) in [5.74, 6) is 1.49. The van der Waals surface area contributed by atoms with E-state index in [0.29, 0.717) is 5.92 Å². The summed E-state index contributed by atoms with van der Waals surface area (Å²) in [6.07, 6.45) is 4.52. The van der Waals surface area contributed by atoms with Crippen LogP contribution in [0.3, 0.4) is 0 Å². The third kappa shape index (κ3) is 9.86. The molecule has 0 aromatic heterocycles. The second kappa shape index (κ2) is 15.2. The molecule has 2 fully saturated rings. The molecule has 32 heavy (non-hydrogen) atoms. The van der Waals surface area contributed by atoms with Gasteiger partial charge in [0.2, 0.25) is 0 Å². The van der Waals surface area contributed by atoms with Gasteiger partial charge in [0.1, 0.15) is 0 Å². The van der Waals surface area contributed by atoms with Crippen molar-refractivity contribution in [3.63, 3.8) is 0 Å². The molecule has 0 bridgehead atoms. The minimum atomic E-state index is 0.593. The number of hydrogen-bond donors (Lipinski definition) is 2. The quantitative estimate of drug-likeness (QED) is 0.276. The van der Waals surface area contributed by atoms with Crippen molar-refractivity contribution in [1.29, 1.82) is 0 Å². The Morgan fingerprint density at radius 1 is 1.03 bits per heavy atom. The van der Waals surface area contributed by atoms with E-state index in [4.69, 9.17) is 9.47 Å². The maximum atomic E-state index is 5.75. The van der Waals surface area contributed by atoms with Crippen molar-refractivity contribution in [2.24, 2.45) is 10.9 Å². The summed E-state index contributed by atoms with van der Waals surface area (Å²) in [6.45, 7) is 12.2. The van der Waals surface area contributed by atoms with Crippen molar-refractivity contribution < 1.29 is 9.47 Å². The lowest BCUT2D eigenvalue weighted by Gasteiger charge is -2.34. The molecule has 180 valence electrons. The molecule has 0 radical (unpaired) electrons. The molecule has 2 aliphatic rings. The van der Waals surface area contributed by atoms with E-state index in [1.807, 2.05) is 7.05 Å². The van der Waals surface area contributed by atoms with E-state index in [-0.39, 0.29) is 0 Å². The Kier molecular flexibility index (Phi) is 11.9. The van der Waals surface area contributed by atoms with Crippen LogP contribution >= 0.6 is 0 Å². The fourth-order valence-corrected chi connectivity index (χ4v) is 4.25. The van der Waals surface area contributed by atoms with Crippen LogP contribution in [0.25, 0.3) is 0 Å². The van der Waals surface area contributed by atoms with E-state index in [0.717, 1.165) is 71.3 Å². The number of unbranched alkanes of at least 4 members (excludes halogenated alkanes) is 1. The van der Waals surface area contributed by atoms with Gasteiger partial charge in [-0.1, -0.05) is 30.3 Å². The topological polar surface area (TPSA) is 61.4 Å². The van der Waals surface area contributed by atoms with Gasteiger partial charge < -0.3 is 25.0 Å². The van der Waals surface area contributed by atoms with Crippen molar-refractivity contribution in [2.45, 2.75) is 32.2 Å². The molecule has 1 aromatic carbocycles. The number of guanidine groups is 1. The highest BCUT2D eigenvalue weighted by molar-refractivity contribution is 5.79. The van der Waals surface area contributed by atoms with Gasteiger partial charge in [-0.3, -0.25) is 9.89 Å². The summed E-state index contributed by atoms with van der Waals surface area (Å²) in [4.78, 5) is 9.49. The normalized spacial score (nSPS) is 20.5. The highest BCUT2D eigenvalue weighted by Gasteiger charge is 2.16. The second-order valence-electron chi connectivity index (χ2n) is 8.89. The number of piperazine rings is 1. The molecular formula is C25H43N5O2. The van der Waals surface area contributed by atoms with Gasteiger partial charge >= 0.3 is 0 Å². The van der Waals surface area contributed by atoms with Gasteiger partial charge in [0.15, 0.2) is 5.96 Å². The van der Waals surface area contributed by atoms with Crippen LogP contribution in [-0.4, -0.2) is 95.0 Å². The van der Waals surface area contributed by atoms with E-state index in [1.165, 1.54) is 44.7 Å². The first-order valence-electron chi connectivity index (χ1n) is 12.4. The van der Waals surface area contributed by atoms with Crippen molar-refractivity contribution in [2.75, 3.05) is 79.3 Å². The average molecular weight is 446 g/mol. The zero-order valence-electron chi connectivity index (χ0n) is 19.9. The van der Waals surface area contributed by atoms with Crippen LogP contribution in [0.5, 0.6) is 0 Å². The van der Waals surface area contributed by atoms with Gasteiger partial charge in [0.25, 0.3) is 0 Å². The monoisotopic (exact) mass is 445 g/mol. The maximum absolute atomic E-state index is 5.75. The van der Waals surface area contributed by atoms with Crippen LogP contribution in [0.1, 0.15) is 31.2 Å². The number of nitrogens with zero attached hydrogens (tertiary/aromatic N) is 3. The Hall–Kier alpha value is -1.67. The van der Waals surface area contributed by atoms with Crippen LogP contribution in [0, 0.1) is 5.92 Å². The highest BCUT2D eigenvalue weighted by Crippen LogP contribution is 2.12. The standard InChI is InChI=1S/C25H43N5O2/c1-26-25(28-12-7-18-31-21-24-10-19-32-22-24)27-11-5-6-13-29-14-16-30(17-15-29)20-23-8-3-2-4-9-23/h2-4,8-9,24H,5-7,10-22H2,1H3,(H2,26,27,28). The lowest BCUT2D eigenvalue weighted by atomic mass is 10.1. The summed E-state index contributed by atoms with van der Waals surface area (Å²) in [5.41, 5.74) is 1.42. The largest absolute Gasteiger partial charge is 0.381 e. The first kappa shape index (κ1) is 25.0. The Bertz CT molecular complexity index is 628. The molecule has 0 spiro atoms. The molecule has 7 heteroatoms. The Balaban J connectivity index is 1.14. The van der Waals surface area contributed by atoms with Crippen LogP contribution in [0.4, 0.5) is 0 Å². The summed E-state index contributed by atoms with van der Waals surface area (Å²) in [5, 5.41) is 6.81. The van der Waals surface area contributed by atoms with Gasteiger partial charge in [0, 0.05) is 72.0 Å². The molecule has 0 aliphatic carbocycles. The van der Waals surface area contributed by atoms with E-state index in [9.17, 15) is 0 Å². The van der Waals surface area contributed by atoms with Crippen molar-refractivity contribution in [3.8, 4) is 0 Å². The maximum Gasteiger partial charge on any atom is 0.190 e.